The first-order valence-corrected chi connectivity index (χ1v) is 9.56. The molecule has 0 fully saturated rings. The Kier molecular flexibility index (Phi) is 4.88. The van der Waals surface area contributed by atoms with Crippen molar-refractivity contribution in [3.63, 3.8) is 0 Å². The number of carbonyl (C=O) groups is 1. The number of rotatable bonds is 6. The summed E-state index contributed by atoms with van der Waals surface area (Å²) in [4.78, 5) is 25.1. The van der Waals surface area contributed by atoms with Gasteiger partial charge in [-0.25, -0.2) is 19.6 Å². The van der Waals surface area contributed by atoms with Gasteiger partial charge in [0.25, 0.3) is 5.91 Å². The van der Waals surface area contributed by atoms with Crippen molar-refractivity contribution in [2.75, 3.05) is 5.32 Å². The van der Waals surface area contributed by atoms with Crippen LogP contribution in [0.15, 0.2) is 49.2 Å². The molecule has 27 heavy (non-hydrogen) atoms. The highest BCUT2D eigenvalue weighted by molar-refractivity contribution is 7.22. The van der Waals surface area contributed by atoms with Crippen LogP contribution in [0.2, 0.25) is 0 Å². The van der Waals surface area contributed by atoms with Gasteiger partial charge in [-0.1, -0.05) is 30.7 Å². The Hall–Kier alpha value is -3.13. The van der Waals surface area contributed by atoms with E-state index >= 15 is 0 Å². The second kappa shape index (κ2) is 7.63. The Labute approximate surface area is 160 Å². The number of carbonyl (C=O) groups excluding carboxylic acids is 1. The zero-order chi connectivity index (χ0) is 18.6. The van der Waals surface area contributed by atoms with Crippen molar-refractivity contribution in [1.82, 2.24) is 24.7 Å². The summed E-state index contributed by atoms with van der Waals surface area (Å²) < 4.78 is 2.62. The number of fused-ring (bicyclic) bond motifs is 1. The van der Waals surface area contributed by atoms with Crippen molar-refractivity contribution < 1.29 is 4.79 Å². The van der Waals surface area contributed by atoms with Gasteiger partial charge in [-0.2, -0.15) is 5.10 Å². The SMILES string of the molecule is CCCCc1ccc2nc(NC(=O)c3ccc(-n4cncn4)nc3)sc2c1. The van der Waals surface area contributed by atoms with E-state index in [0.29, 0.717) is 16.5 Å². The third-order valence-corrected chi connectivity index (χ3v) is 5.09. The van der Waals surface area contributed by atoms with Crippen LogP contribution >= 0.6 is 11.3 Å². The van der Waals surface area contributed by atoms with E-state index in [9.17, 15) is 4.79 Å². The number of nitrogens with zero attached hydrogens (tertiary/aromatic N) is 5. The van der Waals surface area contributed by atoms with Gasteiger partial charge in [-0.05, 0) is 42.7 Å². The number of hydrogen-bond acceptors (Lipinski definition) is 6. The molecule has 0 aliphatic rings. The van der Waals surface area contributed by atoms with E-state index in [-0.39, 0.29) is 5.91 Å². The van der Waals surface area contributed by atoms with E-state index in [0.717, 1.165) is 16.6 Å². The molecular weight excluding hydrogens is 360 g/mol. The summed E-state index contributed by atoms with van der Waals surface area (Å²) in [6.07, 6.45) is 7.91. The minimum atomic E-state index is -0.238. The second-order valence-corrected chi connectivity index (χ2v) is 7.15. The zero-order valence-electron chi connectivity index (χ0n) is 14.8. The van der Waals surface area contributed by atoms with Crippen LogP contribution < -0.4 is 5.32 Å². The Morgan fingerprint density at radius 2 is 2.19 bits per heavy atom. The summed E-state index contributed by atoms with van der Waals surface area (Å²) >= 11 is 1.48. The Bertz CT molecular complexity index is 1060. The summed E-state index contributed by atoms with van der Waals surface area (Å²) in [6.45, 7) is 2.19. The Balaban J connectivity index is 1.48. The predicted molar refractivity (Wildman–Crippen MR) is 105 cm³/mol. The van der Waals surface area contributed by atoms with E-state index in [1.165, 1.54) is 46.9 Å². The monoisotopic (exact) mass is 378 g/mol. The number of pyridine rings is 1. The smallest absolute Gasteiger partial charge is 0.259 e. The molecule has 0 unspecified atom stereocenters. The van der Waals surface area contributed by atoms with Crippen LogP contribution in [0.4, 0.5) is 5.13 Å². The number of amides is 1. The molecule has 4 aromatic rings. The molecule has 3 heterocycles. The van der Waals surface area contributed by atoms with E-state index < -0.39 is 0 Å². The van der Waals surface area contributed by atoms with Crippen molar-refractivity contribution in [2.45, 2.75) is 26.2 Å². The van der Waals surface area contributed by atoms with Crippen molar-refractivity contribution in [3.8, 4) is 5.82 Å². The second-order valence-electron chi connectivity index (χ2n) is 6.12. The number of unbranched alkanes of at least 4 members (excludes halogenated alkanes) is 1. The lowest BCUT2D eigenvalue weighted by atomic mass is 10.1. The Morgan fingerprint density at radius 3 is 2.93 bits per heavy atom. The first-order valence-electron chi connectivity index (χ1n) is 8.75. The van der Waals surface area contributed by atoms with Crippen LogP contribution in [0.3, 0.4) is 0 Å². The lowest BCUT2D eigenvalue weighted by molar-refractivity contribution is 0.102. The predicted octanol–water partition coefficient (Wildman–Crippen LogP) is 3.87. The van der Waals surface area contributed by atoms with E-state index in [1.807, 2.05) is 6.07 Å². The van der Waals surface area contributed by atoms with Crippen LogP contribution in [0.25, 0.3) is 16.0 Å². The first kappa shape index (κ1) is 17.3. The number of nitrogens with one attached hydrogen (secondary N) is 1. The maximum absolute atomic E-state index is 12.5. The summed E-state index contributed by atoms with van der Waals surface area (Å²) in [7, 11) is 0. The zero-order valence-corrected chi connectivity index (χ0v) is 15.6. The summed E-state index contributed by atoms with van der Waals surface area (Å²) in [6, 6.07) is 9.71. The number of aryl methyl sites for hydroxylation is 1. The minimum Gasteiger partial charge on any atom is -0.298 e. The minimum absolute atomic E-state index is 0.238. The lowest BCUT2D eigenvalue weighted by Gasteiger charge is -2.03. The molecule has 1 amide bonds. The van der Waals surface area contributed by atoms with Crippen LogP contribution in [-0.4, -0.2) is 30.6 Å². The van der Waals surface area contributed by atoms with Gasteiger partial charge in [0.15, 0.2) is 10.9 Å². The number of benzene rings is 1. The van der Waals surface area contributed by atoms with E-state index in [4.69, 9.17) is 0 Å². The van der Waals surface area contributed by atoms with Crippen LogP contribution in [-0.2, 0) is 6.42 Å². The maximum Gasteiger partial charge on any atom is 0.259 e. The van der Waals surface area contributed by atoms with Gasteiger partial charge in [-0.3, -0.25) is 10.1 Å². The molecule has 4 rings (SSSR count). The molecule has 136 valence electrons. The highest BCUT2D eigenvalue weighted by Gasteiger charge is 2.11. The fourth-order valence-electron chi connectivity index (χ4n) is 2.71. The summed E-state index contributed by atoms with van der Waals surface area (Å²) in [5.74, 6) is 0.363. The summed E-state index contributed by atoms with van der Waals surface area (Å²) in [5, 5.41) is 7.46. The standard InChI is InChI=1S/C19H18N6OS/c1-2-3-4-13-5-7-15-16(9-13)27-19(23-15)24-18(26)14-6-8-17(21-10-14)25-12-20-11-22-25/h5-12H,2-4H2,1H3,(H,23,24,26). The molecule has 0 saturated heterocycles. The van der Waals surface area contributed by atoms with E-state index in [1.54, 1.807) is 18.5 Å². The molecule has 1 aromatic carbocycles. The fourth-order valence-corrected chi connectivity index (χ4v) is 3.64. The molecule has 3 aromatic heterocycles. The molecular formula is C19H18N6OS. The molecule has 0 spiro atoms. The highest BCUT2D eigenvalue weighted by atomic mass is 32.1. The van der Waals surface area contributed by atoms with Crippen LogP contribution in [0.1, 0.15) is 35.7 Å². The molecule has 7 nitrogen and oxygen atoms in total. The number of thiazole rings is 1. The topological polar surface area (TPSA) is 85.6 Å². The molecule has 0 atom stereocenters. The van der Waals surface area contributed by atoms with Crippen LogP contribution in [0.5, 0.6) is 0 Å². The van der Waals surface area contributed by atoms with Crippen molar-refractivity contribution in [3.05, 3.63) is 60.3 Å². The largest absolute Gasteiger partial charge is 0.298 e. The van der Waals surface area contributed by atoms with Gasteiger partial charge in [0, 0.05) is 6.20 Å². The average Bonchev–Trinajstić information content (AvgIpc) is 3.35. The first-order chi connectivity index (χ1) is 13.2. The normalized spacial score (nSPS) is 11.0. The van der Waals surface area contributed by atoms with E-state index in [2.05, 4.69) is 44.4 Å². The van der Waals surface area contributed by atoms with Crippen molar-refractivity contribution in [1.29, 1.82) is 0 Å². The van der Waals surface area contributed by atoms with Crippen LogP contribution in [0, 0.1) is 0 Å². The third-order valence-electron chi connectivity index (χ3n) is 4.16. The lowest BCUT2D eigenvalue weighted by Crippen LogP contribution is -2.12. The van der Waals surface area contributed by atoms with Gasteiger partial charge in [-0.15, -0.1) is 0 Å². The van der Waals surface area contributed by atoms with Gasteiger partial charge in [0.1, 0.15) is 12.7 Å². The van der Waals surface area contributed by atoms with Gasteiger partial charge in [0.2, 0.25) is 0 Å². The number of anilines is 1. The fraction of sp³-hybridized carbons (Fsp3) is 0.211. The quantitative estimate of drug-likeness (QED) is 0.550. The summed E-state index contributed by atoms with van der Waals surface area (Å²) in [5.41, 5.74) is 2.66. The average molecular weight is 378 g/mol. The van der Waals surface area contributed by atoms with Gasteiger partial charge >= 0.3 is 0 Å². The van der Waals surface area contributed by atoms with Gasteiger partial charge in [0.05, 0.1) is 15.8 Å². The number of hydrogen-bond donors (Lipinski definition) is 1. The highest BCUT2D eigenvalue weighted by Crippen LogP contribution is 2.27. The molecule has 8 heteroatoms. The molecule has 0 aliphatic heterocycles. The molecule has 0 aliphatic carbocycles. The van der Waals surface area contributed by atoms with Crippen molar-refractivity contribution in [2.24, 2.45) is 0 Å². The van der Waals surface area contributed by atoms with Crippen molar-refractivity contribution >= 4 is 32.6 Å². The van der Waals surface area contributed by atoms with Gasteiger partial charge < -0.3 is 0 Å². The number of aromatic nitrogens is 5. The maximum atomic E-state index is 12.5. The molecule has 1 N–H and O–H groups in total. The third kappa shape index (κ3) is 3.85. The molecule has 0 radical (unpaired) electrons. The molecule has 0 saturated carbocycles. The molecule has 0 bridgehead atoms. The Morgan fingerprint density at radius 1 is 1.26 bits per heavy atom.